The van der Waals surface area contributed by atoms with E-state index in [0.29, 0.717) is 16.9 Å². The minimum absolute atomic E-state index is 0.0599. The summed E-state index contributed by atoms with van der Waals surface area (Å²) < 4.78 is 25.5. The Bertz CT molecular complexity index is 629. The van der Waals surface area contributed by atoms with Gasteiger partial charge in [0.15, 0.2) is 11.6 Å². The van der Waals surface area contributed by atoms with Crippen molar-refractivity contribution >= 4 is 15.9 Å². The molecule has 0 saturated heterocycles. The van der Waals surface area contributed by atoms with Gasteiger partial charge in [-0.25, -0.2) is 4.39 Å². The van der Waals surface area contributed by atoms with E-state index in [9.17, 15) is 9.50 Å². The first-order valence-corrected chi connectivity index (χ1v) is 7.24. The number of methoxy groups -OCH3 is 1. The molecule has 1 N–H and O–H groups in total. The van der Waals surface area contributed by atoms with Gasteiger partial charge in [-0.1, -0.05) is 28.1 Å². The van der Waals surface area contributed by atoms with E-state index in [1.165, 1.54) is 7.11 Å². The van der Waals surface area contributed by atoms with Crippen molar-refractivity contribution in [1.82, 2.24) is 0 Å². The van der Waals surface area contributed by atoms with Crippen LogP contribution in [0.5, 0.6) is 11.5 Å². The Hall–Kier alpha value is -1.59. The quantitative estimate of drug-likeness (QED) is 0.873. The molecular formula is C16H16BrFO3. The van der Waals surface area contributed by atoms with E-state index in [0.717, 1.165) is 4.47 Å². The zero-order valence-electron chi connectivity index (χ0n) is 11.8. The molecule has 0 spiro atoms. The molecular weight excluding hydrogens is 339 g/mol. The van der Waals surface area contributed by atoms with Crippen molar-refractivity contribution in [2.45, 2.75) is 19.6 Å². The molecule has 0 radical (unpaired) electrons. The lowest BCUT2D eigenvalue weighted by Gasteiger charge is -2.14. The lowest BCUT2D eigenvalue weighted by molar-refractivity contribution is 0.189. The summed E-state index contributed by atoms with van der Waals surface area (Å²) in [6.07, 6.45) is -0.673. The van der Waals surface area contributed by atoms with Crippen LogP contribution in [0.3, 0.4) is 0 Å². The van der Waals surface area contributed by atoms with E-state index < -0.39 is 11.9 Å². The highest BCUT2D eigenvalue weighted by atomic mass is 79.9. The van der Waals surface area contributed by atoms with E-state index in [1.807, 2.05) is 6.07 Å². The van der Waals surface area contributed by atoms with Gasteiger partial charge in [0.05, 0.1) is 13.2 Å². The Morgan fingerprint density at radius 2 is 2.00 bits per heavy atom. The first-order chi connectivity index (χ1) is 10.0. The van der Waals surface area contributed by atoms with Crippen LogP contribution in [-0.4, -0.2) is 12.2 Å². The molecule has 2 aromatic rings. The minimum atomic E-state index is -0.673. The molecule has 0 saturated carbocycles. The molecule has 0 amide bonds. The number of hydrogen-bond acceptors (Lipinski definition) is 3. The Morgan fingerprint density at radius 3 is 2.67 bits per heavy atom. The second kappa shape index (κ2) is 6.91. The average Bonchev–Trinajstić information content (AvgIpc) is 2.47. The van der Waals surface area contributed by atoms with Gasteiger partial charge in [-0.3, -0.25) is 0 Å². The molecule has 0 aliphatic heterocycles. The summed E-state index contributed by atoms with van der Waals surface area (Å²) in [6, 6.07) is 10.2. The maximum absolute atomic E-state index is 14.0. The normalized spacial score (nSPS) is 12.0. The number of ether oxygens (including phenoxy) is 2. The first kappa shape index (κ1) is 15.8. The molecule has 112 valence electrons. The van der Waals surface area contributed by atoms with Crippen LogP contribution in [-0.2, 0) is 6.61 Å². The maximum atomic E-state index is 14.0. The van der Waals surface area contributed by atoms with Gasteiger partial charge < -0.3 is 14.6 Å². The van der Waals surface area contributed by atoms with Gasteiger partial charge in [0.2, 0.25) is 0 Å². The van der Waals surface area contributed by atoms with Gasteiger partial charge in [0, 0.05) is 15.6 Å². The number of halogens is 2. The fourth-order valence-corrected chi connectivity index (χ4v) is 2.34. The Balaban J connectivity index is 2.21. The van der Waals surface area contributed by atoms with Crippen LogP contribution in [0.25, 0.3) is 0 Å². The van der Waals surface area contributed by atoms with Crippen molar-refractivity contribution < 1.29 is 19.0 Å². The highest BCUT2D eigenvalue weighted by Gasteiger charge is 2.12. The van der Waals surface area contributed by atoms with Gasteiger partial charge in [-0.05, 0) is 31.2 Å². The van der Waals surface area contributed by atoms with Crippen LogP contribution in [0.1, 0.15) is 24.2 Å². The van der Waals surface area contributed by atoms with Gasteiger partial charge in [0.1, 0.15) is 12.4 Å². The third-order valence-electron chi connectivity index (χ3n) is 3.07. The molecule has 0 fully saturated rings. The summed E-state index contributed by atoms with van der Waals surface area (Å²) in [5.74, 6) is 0.272. The number of hydrogen-bond donors (Lipinski definition) is 1. The van der Waals surface area contributed by atoms with Crippen LogP contribution in [0.2, 0.25) is 0 Å². The van der Waals surface area contributed by atoms with Crippen LogP contribution in [0.15, 0.2) is 40.9 Å². The molecule has 0 aromatic heterocycles. The topological polar surface area (TPSA) is 38.7 Å². The van der Waals surface area contributed by atoms with Crippen LogP contribution >= 0.6 is 15.9 Å². The molecule has 1 atom stereocenters. The molecule has 0 aliphatic rings. The summed E-state index contributed by atoms with van der Waals surface area (Å²) in [5.41, 5.74) is 1.04. The molecule has 21 heavy (non-hydrogen) atoms. The zero-order valence-corrected chi connectivity index (χ0v) is 13.4. The minimum Gasteiger partial charge on any atom is -0.494 e. The lowest BCUT2D eigenvalue weighted by atomic mass is 10.1. The molecule has 0 heterocycles. The predicted octanol–water partition coefficient (Wildman–Crippen LogP) is 4.23. The first-order valence-electron chi connectivity index (χ1n) is 6.44. The summed E-state index contributed by atoms with van der Waals surface area (Å²) >= 11 is 3.35. The highest BCUT2D eigenvalue weighted by Crippen LogP contribution is 2.30. The van der Waals surface area contributed by atoms with Crippen molar-refractivity contribution in [2.75, 3.05) is 7.11 Å². The number of aliphatic hydroxyl groups is 1. The zero-order chi connectivity index (χ0) is 15.4. The second-order valence-electron chi connectivity index (χ2n) is 4.58. The predicted molar refractivity (Wildman–Crippen MR) is 82.1 cm³/mol. The summed E-state index contributed by atoms with van der Waals surface area (Å²) in [6.45, 7) is 1.71. The maximum Gasteiger partial charge on any atom is 0.171 e. The Labute approximate surface area is 131 Å². The van der Waals surface area contributed by atoms with E-state index in [1.54, 1.807) is 37.3 Å². The summed E-state index contributed by atoms with van der Waals surface area (Å²) in [4.78, 5) is 0. The SMILES string of the molecule is COc1cccc(COc2ccc(Br)cc2C(C)O)c1F. The fraction of sp³-hybridized carbons (Fsp3) is 0.250. The van der Waals surface area contributed by atoms with Gasteiger partial charge in [-0.2, -0.15) is 0 Å². The van der Waals surface area contributed by atoms with Crippen molar-refractivity contribution in [1.29, 1.82) is 0 Å². The Kier molecular flexibility index (Phi) is 5.20. The third kappa shape index (κ3) is 3.74. The van der Waals surface area contributed by atoms with Crippen molar-refractivity contribution in [3.05, 3.63) is 57.8 Å². The van der Waals surface area contributed by atoms with E-state index >= 15 is 0 Å². The van der Waals surface area contributed by atoms with Crippen LogP contribution < -0.4 is 9.47 Å². The number of benzene rings is 2. The van der Waals surface area contributed by atoms with Gasteiger partial charge >= 0.3 is 0 Å². The fourth-order valence-electron chi connectivity index (χ4n) is 1.96. The van der Waals surface area contributed by atoms with Crippen molar-refractivity contribution in [3.8, 4) is 11.5 Å². The smallest absolute Gasteiger partial charge is 0.171 e. The summed E-state index contributed by atoms with van der Waals surface area (Å²) in [5, 5.41) is 9.77. The highest BCUT2D eigenvalue weighted by molar-refractivity contribution is 9.10. The van der Waals surface area contributed by atoms with Gasteiger partial charge in [-0.15, -0.1) is 0 Å². The molecule has 0 bridgehead atoms. The number of aliphatic hydroxyl groups excluding tert-OH is 1. The Morgan fingerprint density at radius 1 is 1.24 bits per heavy atom. The molecule has 2 rings (SSSR count). The van der Waals surface area contributed by atoms with E-state index in [2.05, 4.69) is 15.9 Å². The summed E-state index contributed by atoms with van der Waals surface area (Å²) in [7, 11) is 1.42. The van der Waals surface area contributed by atoms with Gasteiger partial charge in [0.25, 0.3) is 0 Å². The average molecular weight is 355 g/mol. The van der Waals surface area contributed by atoms with E-state index in [4.69, 9.17) is 9.47 Å². The molecule has 1 unspecified atom stereocenters. The number of rotatable bonds is 5. The molecule has 0 aliphatic carbocycles. The third-order valence-corrected chi connectivity index (χ3v) is 3.56. The molecule has 3 nitrogen and oxygen atoms in total. The van der Waals surface area contributed by atoms with Crippen molar-refractivity contribution in [3.63, 3.8) is 0 Å². The molecule has 2 aromatic carbocycles. The molecule has 5 heteroatoms. The lowest BCUT2D eigenvalue weighted by Crippen LogP contribution is -2.03. The second-order valence-corrected chi connectivity index (χ2v) is 5.50. The van der Waals surface area contributed by atoms with Crippen molar-refractivity contribution in [2.24, 2.45) is 0 Å². The van der Waals surface area contributed by atoms with Crippen LogP contribution in [0, 0.1) is 5.82 Å². The van der Waals surface area contributed by atoms with Crippen LogP contribution in [0.4, 0.5) is 4.39 Å². The van der Waals surface area contributed by atoms with E-state index in [-0.39, 0.29) is 12.4 Å². The largest absolute Gasteiger partial charge is 0.494 e. The standard InChI is InChI=1S/C16H16BrFO3/c1-10(19)13-8-12(17)6-7-14(13)21-9-11-4-3-5-15(20-2)16(11)18/h3-8,10,19H,9H2,1-2H3. The monoisotopic (exact) mass is 354 g/mol.